The fraction of sp³-hybridized carbons (Fsp3) is 0.875. The van der Waals surface area contributed by atoms with Gasteiger partial charge in [-0.15, -0.1) is 0 Å². The first-order valence-electron chi connectivity index (χ1n) is 4.36. The summed E-state index contributed by atoms with van der Waals surface area (Å²) in [6, 6.07) is 1.93. The number of hydrogen-bond donors (Lipinski definition) is 0. The highest BCUT2D eigenvalue weighted by molar-refractivity contribution is 7.06. The van der Waals surface area contributed by atoms with Crippen LogP contribution in [0.15, 0.2) is 0 Å². The summed E-state index contributed by atoms with van der Waals surface area (Å²) in [7, 11) is -2.27. The minimum absolute atomic E-state index is 0.642. The molecule has 0 heterocycles. The van der Waals surface area contributed by atoms with Gasteiger partial charge in [0.25, 0.3) is 6.43 Å². The normalized spacial score (nSPS) is 12.2. The van der Waals surface area contributed by atoms with Crippen molar-refractivity contribution >= 4 is 13.5 Å². The Bertz CT molecular complexity index is 147. The van der Waals surface area contributed by atoms with Crippen molar-refractivity contribution in [2.75, 3.05) is 0 Å². The van der Waals surface area contributed by atoms with Gasteiger partial charge >= 0.3 is 0 Å². The summed E-state index contributed by atoms with van der Waals surface area (Å²) in [4.78, 5) is 11.2. The van der Waals surface area contributed by atoms with Crippen LogP contribution in [0.25, 0.3) is 0 Å². The molecule has 0 aliphatic heterocycles. The average molecular weight is 194 g/mol. The molecular weight excluding hydrogens is 178 g/mol. The third kappa shape index (κ3) is 2.12. The van der Waals surface area contributed by atoms with Crippen molar-refractivity contribution in [3.8, 4) is 0 Å². The van der Waals surface area contributed by atoms with E-state index in [4.69, 9.17) is 0 Å². The lowest BCUT2D eigenvalue weighted by atomic mass is 10.8. The van der Waals surface area contributed by atoms with Crippen molar-refractivity contribution < 1.29 is 13.6 Å². The van der Waals surface area contributed by atoms with Crippen LogP contribution in [0.1, 0.15) is 20.8 Å². The maximum atomic E-state index is 12.2. The van der Waals surface area contributed by atoms with E-state index < -0.39 is 19.9 Å². The van der Waals surface area contributed by atoms with Crippen LogP contribution >= 0.6 is 0 Å². The molecule has 0 N–H and O–H groups in total. The minimum Gasteiger partial charge on any atom is -0.299 e. The number of alkyl halides is 2. The number of carbonyl (C=O) groups is 1. The first-order valence-corrected chi connectivity index (χ1v) is 6.98. The minimum atomic E-state index is -2.75. The summed E-state index contributed by atoms with van der Waals surface area (Å²) >= 11 is 0. The van der Waals surface area contributed by atoms with Gasteiger partial charge in [-0.25, -0.2) is 8.78 Å². The molecule has 0 unspecified atom stereocenters. The second kappa shape index (κ2) is 4.69. The Hall–Kier alpha value is -0.253. The van der Waals surface area contributed by atoms with E-state index in [9.17, 15) is 13.6 Å². The standard InChI is InChI=1S/C8H16F2OSi/c1-4-12(5-2,6-3)8(11)7(9)10/h7H,4-6H2,1-3H3. The summed E-state index contributed by atoms with van der Waals surface area (Å²) < 4.78 is 24.3. The summed E-state index contributed by atoms with van der Waals surface area (Å²) in [5, 5.41) is -0.755. The SMILES string of the molecule is CC[Si](CC)(CC)C(=O)C(F)F. The Labute approximate surface area is 73.2 Å². The summed E-state index contributed by atoms with van der Waals surface area (Å²) in [5.74, 6) is 0. The van der Waals surface area contributed by atoms with Crippen LogP contribution in [-0.4, -0.2) is 19.9 Å². The molecule has 0 aromatic rings. The summed E-state index contributed by atoms with van der Waals surface area (Å²) in [5.41, 5.74) is 0. The Morgan fingerprint density at radius 2 is 1.50 bits per heavy atom. The average Bonchev–Trinajstić information content (AvgIpc) is 2.08. The molecule has 72 valence electrons. The second-order valence-corrected chi connectivity index (χ2v) is 8.18. The van der Waals surface area contributed by atoms with Gasteiger partial charge in [-0.1, -0.05) is 38.9 Å². The van der Waals surface area contributed by atoms with Gasteiger partial charge in [-0.2, -0.15) is 0 Å². The zero-order valence-corrected chi connectivity index (χ0v) is 8.86. The fourth-order valence-corrected chi connectivity index (χ4v) is 4.51. The zero-order valence-electron chi connectivity index (χ0n) is 7.86. The summed E-state index contributed by atoms with van der Waals surface area (Å²) in [6.45, 7) is 5.54. The van der Waals surface area contributed by atoms with Gasteiger partial charge in [0.2, 0.25) is 0 Å². The zero-order chi connectivity index (χ0) is 9.78. The highest BCUT2D eigenvalue weighted by Gasteiger charge is 2.40. The van der Waals surface area contributed by atoms with Crippen LogP contribution in [0.2, 0.25) is 18.1 Å². The molecule has 12 heavy (non-hydrogen) atoms. The van der Waals surface area contributed by atoms with E-state index in [-0.39, 0.29) is 0 Å². The lowest BCUT2D eigenvalue weighted by Crippen LogP contribution is -2.45. The lowest BCUT2D eigenvalue weighted by molar-refractivity contribution is -0.122. The molecule has 0 fully saturated rings. The van der Waals surface area contributed by atoms with Crippen molar-refractivity contribution in [3.63, 3.8) is 0 Å². The molecule has 0 radical (unpaired) electrons. The van der Waals surface area contributed by atoms with Gasteiger partial charge in [0.1, 0.15) is 8.07 Å². The smallest absolute Gasteiger partial charge is 0.291 e. The van der Waals surface area contributed by atoms with E-state index in [1.54, 1.807) is 0 Å². The summed E-state index contributed by atoms with van der Waals surface area (Å²) in [6.07, 6.45) is -2.75. The van der Waals surface area contributed by atoms with Crippen molar-refractivity contribution in [3.05, 3.63) is 0 Å². The van der Waals surface area contributed by atoms with E-state index in [1.807, 2.05) is 20.8 Å². The topological polar surface area (TPSA) is 17.1 Å². The van der Waals surface area contributed by atoms with E-state index in [1.165, 1.54) is 0 Å². The molecule has 1 nitrogen and oxygen atoms in total. The first kappa shape index (κ1) is 11.7. The molecule has 0 saturated carbocycles. The van der Waals surface area contributed by atoms with Gasteiger partial charge in [0.15, 0.2) is 5.41 Å². The fourth-order valence-electron chi connectivity index (χ4n) is 1.50. The van der Waals surface area contributed by atoms with Crippen LogP contribution in [0, 0.1) is 0 Å². The van der Waals surface area contributed by atoms with Crippen molar-refractivity contribution in [1.82, 2.24) is 0 Å². The number of halogens is 2. The molecule has 0 aliphatic rings. The maximum absolute atomic E-state index is 12.2. The molecule has 0 spiro atoms. The predicted octanol–water partition coefficient (Wildman–Crippen LogP) is 2.87. The van der Waals surface area contributed by atoms with Crippen molar-refractivity contribution in [1.29, 1.82) is 0 Å². The highest BCUT2D eigenvalue weighted by atomic mass is 28.3. The van der Waals surface area contributed by atoms with Gasteiger partial charge in [-0.05, 0) is 0 Å². The molecule has 0 aromatic carbocycles. The number of carbonyl (C=O) groups excluding carboxylic acids is 1. The Morgan fingerprint density at radius 3 is 1.58 bits per heavy atom. The van der Waals surface area contributed by atoms with Gasteiger partial charge in [-0.3, -0.25) is 4.79 Å². The molecule has 0 amide bonds. The van der Waals surface area contributed by atoms with Gasteiger partial charge in [0, 0.05) is 0 Å². The molecule has 0 atom stereocenters. The van der Waals surface area contributed by atoms with Crippen LogP contribution < -0.4 is 0 Å². The second-order valence-electron chi connectivity index (χ2n) is 3.01. The van der Waals surface area contributed by atoms with Crippen LogP contribution in [-0.2, 0) is 4.79 Å². The van der Waals surface area contributed by atoms with Crippen LogP contribution in [0.4, 0.5) is 8.78 Å². The van der Waals surface area contributed by atoms with E-state index in [0.717, 1.165) is 0 Å². The Kier molecular flexibility index (Phi) is 4.60. The Balaban J connectivity index is 4.59. The molecule has 4 heteroatoms. The highest BCUT2D eigenvalue weighted by Crippen LogP contribution is 2.23. The largest absolute Gasteiger partial charge is 0.299 e. The molecule has 0 aliphatic carbocycles. The van der Waals surface area contributed by atoms with E-state index in [0.29, 0.717) is 18.1 Å². The maximum Gasteiger partial charge on any atom is 0.291 e. The predicted molar refractivity (Wildman–Crippen MR) is 48.2 cm³/mol. The quantitative estimate of drug-likeness (QED) is 0.615. The molecule has 0 rings (SSSR count). The van der Waals surface area contributed by atoms with Crippen LogP contribution in [0.5, 0.6) is 0 Å². The lowest BCUT2D eigenvalue weighted by Gasteiger charge is -2.24. The van der Waals surface area contributed by atoms with Crippen molar-refractivity contribution in [2.24, 2.45) is 0 Å². The first-order chi connectivity index (χ1) is 5.54. The van der Waals surface area contributed by atoms with E-state index in [2.05, 4.69) is 0 Å². The van der Waals surface area contributed by atoms with Crippen molar-refractivity contribution in [2.45, 2.75) is 45.3 Å². The Morgan fingerprint density at radius 1 is 1.17 bits per heavy atom. The third-order valence-electron chi connectivity index (χ3n) is 2.75. The molecular formula is C8H16F2OSi. The van der Waals surface area contributed by atoms with E-state index >= 15 is 0 Å². The molecule has 0 saturated heterocycles. The molecule has 0 bridgehead atoms. The molecule has 0 aromatic heterocycles. The number of hydrogen-bond acceptors (Lipinski definition) is 1. The number of rotatable bonds is 5. The van der Waals surface area contributed by atoms with Gasteiger partial charge in [0.05, 0.1) is 0 Å². The van der Waals surface area contributed by atoms with Gasteiger partial charge < -0.3 is 0 Å². The third-order valence-corrected chi connectivity index (χ3v) is 8.08. The van der Waals surface area contributed by atoms with Crippen LogP contribution in [0.3, 0.4) is 0 Å². The monoisotopic (exact) mass is 194 g/mol.